The van der Waals surface area contributed by atoms with E-state index in [0.717, 1.165) is 5.56 Å². The molecule has 0 aliphatic carbocycles. The maximum Gasteiger partial charge on any atom is 0.322 e. The van der Waals surface area contributed by atoms with Crippen LogP contribution < -0.4 is 26.4 Å². The Kier molecular flexibility index (Phi) is 6.01. The third kappa shape index (κ3) is 4.58. The number of anilines is 1. The molecule has 172 valence electrons. The molecule has 1 aliphatic heterocycles. The molecule has 4 rings (SSSR count). The van der Waals surface area contributed by atoms with Gasteiger partial charge in [-0.3, -0.25) is 19.7 Å². The molecule has 9 nitrogen and oxygen atoms in total. The zero-order valence-electron chi connectivity index (χ0n) is 18.3. The van der Waals surface area contributed by atoms with Crippen LogP contribution in [0, 0.1) is 0 Å². The molecule has 1 heterocycles. The van der Waals surface area contributed by atoms with Gasteiger partial charge in [-0.2, -0.15) is 0 Å². The van der Waals surface area contributed by atoms with E-state index in [9.17, 15) is 19.2 Å². The number of ether oxygens (including phenoxy) is 1. The Morgan fingerprint density at radius 2 is 1.74 bits per heavy atom. The van der Waals surface area contributed by atoms with Gasteiger partial charge in [0.25, 0.3) is 17.7 Å². The number of primary amides is 1. The molecule has 3 aromatic rings. The summed E-state index contributed by atoms with van der Waals surface area (Å²) in [7, 11) is 0. The van der Waals surface area contributed by atoms with E-state index in [4.69, 9.17) is 10.5 Å². The second kappa shape index (κ2) is 9.07. The van der Waals surface area contributed by atoms with Crippen molar-refractivity contribution in [2.75, 3.05) is 5.32 Å². The van der Waals surface area contributed by atoms with Crippen molar-refractivity contribution in [1.82, 2.24) is 10.6 Å². The van der Waals surface area contributed by atoms with Crippen LogP contribution in [-0.2, 0) is 16.9 Å². The second-order valence-corrected chi connectivity index (χ2v) is 7.91. The molecule has 5 N–H and O–H groups in total. The summed E-state index contributed by atoms with van der Waals surface area (Å²) in [6, 6.07) is 19.7. The van der Waals surface area contributed by atoms with Crippen molar-refractivity contribution < 1.29 is 23.9 Å². The summed E-state index contributed by atoms with van der Waals surface area (Å²) >= 11 is 0. The Hall–Kier alpha value is -4.66. The highest BCUT2D eigenvalue weighted by Crippen LogP contribution is 2.26. The standard InChI is InChI=1S/C25H22N4O5/c1-25(23(32)28-24(33)29-25)17-9-11-18(12-10-17)27-22(31)16-6-4-5-15(13-16)14-34-20-8-3-2-7-19(20)21(26)30/h2-13H,14H2,1H3,(H2,26,30)(H,27,31)(H2,28,29,32,33). The maximum absolute atomic E-state index is 12.7. The minimum atomic E-state index is -1.17. The first-order valence-corrected chi connectivity index (χ1v) is 10.4. The van der Waals surface area contributed by atoms with Crippen LogP contribution in [0.5, 0.6) is 5.75 Å². The van der Waals surface area contributed by atoms with Gasteiger partial charge in [-0.1, -0.05) is 36.4 Å². The lowest BCUT2D eigenvalue weighted by molar-refractivity contribution is -0.123. The van der Waals surface area contributed by atoms with Gasteiger partial charge in [-0.15, -0.1) is 0 Å². The van der Waals surface area contributed by atoms with Crippen molar-refractivity contribution in [3.63, 3.8) is 0 Å². The number of hydrogen-bond acceptors (Lipinski definition) is 5. The lowest BCUT2D eigenvalue weighted by Gasteiger charge is -2.21. The first-order valence-electron chi connectivity index (χ1n) is 10.4. The summed E-state index contributed by atoms with van der Waals surface area (Å²) in [4.78, 5) is 47.9. The topological polar surface area (TPSA) is 140 Å². The number of urea groups is 1. The second-order valence-electron chi connectivity index (χ2n) is 7.91. The van der Waals surface area contributed by atoms with Crippen LogP contribution in [0.15, 0.2) is 72.8 Å². The lowest BCUT2D eigenvalue weighted by atomic mass is 9.92. The van der Waals surface area contributed by atoms with Crippen LogP contribution in [0.2, 0.25) is 0 Å². The number of benzene rings is 3. The average Bonchev–Trinajstić information content (AvgIpc) is 3.10. The van der Waals surface area contributed by atoms with E-state index < -0.39 is 23.4 Å². The summed E-state index contributed by atoms with van der Waals surface area (Å²) < 4.78 is 5.73. The number of nitrogens with two attached hydrogens (primary N) is 1. The number of nitrogens with one attached hydrogen (secondary N) is 3. The normalized spacial score (nSPS) is 17.0. The van der Waals surface area contributed by atoms with Gasteiger partial charge >= 0.3 is 6.03 Å². The summed E-state index contributed by atoms with van der Waals surface area (Å²) in [6.07, 6.45) is 0. The average molecular weight is 458 g/mol. The zero-order chi connectivity index (χ0) is 24.3. The summed E-state index contributed by atoms with van der Waals surface area (Å²) in [5, 5.41) is 7.62. The predicted octanol–water partition coefficient (Wildman–Crippen LogP) is 2.67. The molecule has 9 heteroatoms. The van der Waals surface area contributed by atoms with Gasteiger partial charge in [-0.25, -0.2) is 4.79 Å². The van der Waals surface area contributed by atoms with E-state index in [0.29, 0.717) is 22.6 Å². The first-order chi connectivity index (χ1) is 16.3. The summed E-state index contributed by atoms with van der Waals surface area (Å²) in [5.74, 6) is -0.984. The molecule has 0 bridgehead atoms. The fourth-order valence-corrected chi connectivity index (χ4v) is 3.60. The molecule has 1 saturated heterocycles. The van der Waals surface area contributed by atoms with E-state index >= 15 is 0 Å². The minimum Gasteiger partial charge on any atom is -0.488 e. The number of hydrogen-bond donors (Lipinski definition) is 4. The largest absolute Gasteiger partial charge is 0.488 e. The maximum atomic E-state index is 12.7. The van der Waals surface area contributed by atoms with Gasteiger partial charge in [-0.05, 0) is 54.4 Å². The number of imide groups is 1. The third-order valence-electron chi connectivity index (χ3n) is 5.50. The van der Waals surface area contributed by atoms with E-state index in [1.807, 2.05) is 0 Å². The molecule has 1 aliphatic rings. The van der Waals surface area contributed by atoms with Crippen molar-refractivity contribution in [3.05, 3.63) is 95.1 Å². The predicted molar refractivity (Wildman–Crippen MR) is 124 cm³/mol. The van der Waals surface area contributed by atoms with Crippen molar-refractivity contribution in [1.29, 1.82) is 0 Å². The molecule has 1 atom stereocenters. The molecular weight excluding hydrogens is 436 g/mol. The molecule has 0 radical (unpaired) electrons. The van der Waals surface area contributed by atoms with Crippen LogP contribution >= 0.6 is 0 Å². The van der Waals surface area contributed by atoms with Crippen LogP contribution in [0.3, 0.4) is 0 Å². The summed E-state index contributed by atoms with van der Waals surface area (Å²) in [5.41, 5.74) is 6.76. The van der Waals surface area contributed by atoms with Crippen molar-refractivity contribution in [2.24, 2.45) is 5.73 Å². The SMILES string of the molecule is CC1(c2ccc(NC(=O)c3cccc(COc4ccccc4C(N)=O)c3)cc2)NC(=O)NC1=O. The van der Waals surface area contributed by atoms with Gasteiger partial charge in [0.2, 0.25) is 0 Å². The highest BCUT2D eigenvalue weighted by atomic mass is 16.5. The number of rotatable bonds is 7. The highest BCUT2D eigenvalue weighted by molar-refractivity contribution is 6.07. The smallest absolute Gasteiger partial charge is 0.322 e. The van der Waals surface area contributed by atoms with Gasteiger partial charge in [0, 0.05) is 11.3 Å². The van der Waals surface area contributed by atoms with E-state index in [-0.39, 0.29) is 18.1 Å². The van der Waals surface area contributed by atoms with Crippen LogP contribution in [-0.4, -0.2) is 23.8 Å². The van der Waals surface area contributed by atoms with E-state index in [2.05, 4.69) is 16.0 Å². The minimum absolute atomic E-state index is 0.145. The third-order valence-corrected chi connectivity index (χ3v) is 5.50. The van der Waals surface area contributed by atoms with Gasteiger partial charge < -0.3 is 21.1 Å². The fourth-order valence-electron chi connectivity index (χ4n) is 3.60. The molecule has 1 unspecified atom stereocenters. The Morgan fingerprint density at radius 3 is 2.41 bits per heavy atom. The molecule has 5 amide bonds. The summed E-state index contributed by atoms with van der Waals surface area (Å²) in [6.45, 7) is 1.75. The van der Waals surface area contributed by atoms with Gasteiger partial charge in [0.15, 0.2) is 0 Å². The molecule has 3 aromatic carbocycles. The van der Waals surface area contributed by atoms with Crippen molar-refractivity contribution in [3.8, 4) is 5.75 Å². The Morgan fingerprint density at radius 1 is 1.00 bits per heavy atom. The van der Waals surface area contributed by atoms with Gasteiger partial charge in [0.1, 0.15) is 17.9 Å². The Bertz CT molecular complexity index is 1290. The zero-order valence-corrected chi connectivity index (χ0v) is 18.3. The molecule has 0 aromatic heterocycles. The van der Waals surface area contributed by atoms with Crippen LogP contribution in [0.25, 0.3) is 0 Å². The molecule has 0 spiro atoms. The Labute approximate surface area is 195 Å². The molecular formula is C25H22N4O5. The van der Waals surface area contributed by atoms with E-state index in [1.165, 1.54) is 0 Å². The lowest BCUT2D eigenvalue weighted by Crippen LogP contribution is -2.40. The van der Waals surface area contributed by atoms with Crippen molar-refractivity contribution >= 4 is 29.4 Å². The van der Waals surface area contributed by atoms with Crippen molar-refractivity contribution in [2.45, 2.75) is 19.1 Å². The van der Waals surface area contributed by atoms with Gasteiger partial charge in [0.05, 0.1) is 5.56 Å². The van der Waals surface area contributed by atoms with Crippen LogP contribution in [0.1, 0.15) is 38.8 Å². The monoisotopic (exact) mass is 458 g/mol. The van der Waals surface area contributed by atoms with Crippen LogP contribution in [0.4, 0.5) is 10.5 Å². The molecule has 1 fully saturated rings. The number of carbonyl (C=O) groups excluding carboxylic acids is 4. The number of amides is 5. The quantitative estimate of drug-likeness (QED) is 0.403. The fraction of sp³-hybridized carbons (Fsp3) is 0.120. The number of para-hydroxylation sites is 1. The highest BCUT2D eigenvalue weighted by Gasteiger charge is 2.43. The Balaban J connectivity index is 1.42. The number of carbonyl (C=O) groups is 4. The first kappa shape index (κ1) is 22.5. The molecule has 34 heavy (non-hydrogen) atoms. The van der Waals surface area contributed by atoms with E-state index in [1.54, 1.807) is 79.7 Å². The molecule has 0 saturated carbocycles.